The lowest BCUT2D eigenvalue weighted by atomic mass is 9.91. The summed E-state index contributed by atoms with van der Waals surface area (Å²) in [4.78, 5) is 29.5. The molecule has 4 N–H and O–H groups in total. The number of hydrogen-bond donors (Lipinski definition) is 4. The largest absolute Gasteiger partial charge is 0.508 e. The summed E-state index contributed by atoms with van der Waals surface area (Å²) in [6, 6.07) is 34.0. The van der Waals surface area contributed by atoms with E-state index in [4.69, 9.17) is 0 Å². The molecule has 1 fully saturated rings. The number of carbonyl (C=O) groups excluding carboxylic acids is 2. The minimum atomic E-state index is -0.939. The van der Waals surface area contributed by atoms with Crippen LogP contribution in [0.2, 0.25) is 0 Å². The predicted molar refractivity (Wildman–Crippen MR) is 177 cm³/mol. The summed E-state index contributed by atoms with van der Waals surface area (Å²) in [5.74, 6) is -0.886. The number of phenols is 1. The number of aliphatic hydroxyl groups is 2. The third-order valence-corrected chi connectivity index (χ3v) is 9.52. The summed E-state index contributed by atoms with van der Waals surface area (Å²) in [6.45, 7) is 0.135. The van der Waals surface area contributed by atoms with Crippen LogP contribution < -0.4 is 5.32 Å². The Hall–Kier alpha value is -4.46. The van der Waals surface area contributed by atoms with Crippen molar-refractivity contribution in [2.75, 3.05) is 6.54 Å². The molecule has 0 bridgehead atoms. The van der Waals surface area contributed by atoms with Gasteiger partial charge < -0.3 is 25.5 Å². The molecule has 2 amide bonds. The highest BCUT2D eigenvalue weighted by Gasteiger charge is 2.41. The van der Waals surface area contributed by atoms with Gasteiger partial charge in [0.25, 0.3) is 0 Å². The molecular weight excluding hydrogens is 576 g/mol. The van der Waals surface area contributed by atoms with E-state index in [1.807, 2.05) is 77.7 Å². The van der Waals surface area contributed by atoms with Crippen LogP contribution >= 0.6 is 0 Å². The van der Waals surface area contributed by atoms with Crippen molar-refractivity contribution in [3.05, 3.63) is 137 Å². The average Bonchev–Trinajstić information content (AvgIpc) is 3.53. The van der Waals surface area contributed by atoms with E-state index in [1.54, 1.807) is 24.3 Å². The van der Waals surface area contributed by atoms with Crippen molar-refractivity contribution < 1.29 is 24.9 Å². The van der Waals surface area contributed by atoms with E-state index in [1.165, 1.54) is 0 Å². The van der Waals surface area contributed by atoms with Gasteiger partial charge in [0.05, 0.1) is 18.2 Å². The SMILES string of the molecule is O=C(N[C@H]1c2ccccc2C[C@H]1O)[C@@H](Cc1ccc(O)cc1)C[C@H](O)CN1C(=O)[C@@H](Cc2ccccc2)C[C@@H]1Cc1ccccc1. The predicted octanol–water partition coefficient (Wildman–Crippen LogP) is 4.78. The molecule has 0 unspecified atom stereocenters. The number of nitrogens with one attached hydrogen (secondary N) is 1. The van der Waals surface area contributed by atoms with Crippen LogP contribution in [0, 0.1) is 11.8 Å². The second kappa shape index (κ2) is 14.3. The zero-order chi connectivity index (χ0) is 32.0. The molecule has 4 aromatic carbocycles. The van der Waals surface area contributed by atoms with E-state index >= 15 is 0 Å². The lowest BCUT2D eigenvalue weighted by molar-refractivity contribution is -0.133. The Kier molecular flexibility index (Phi) is 9.81. The summed E-state index contributed by atoms with van der Waals surface area (Å²) in [5.41, 5.74) is 5.02. The Bertz CT molecular complexity index is 1610. The number of aliphatic hydroxyl groups excluding tert-OH is 2. The summed E-state index contributed by atoms with van der Waals surface area (Å²) < 4.78 is 0. The summed E-state index contributed by atoms with van der Waals surface area (Å²) in [6.07, 6.45) is 1.32. The Balaban J connectivity index is 1.19. The third kappa shape index (κ3) is 7.49. The second-order valence-corrected chi connectivity index (χ2v) is 12.9. The fourth-order valence-electron chi connectivity index (χ4n) is 7.21. The molecule has 6 rings (SSSR count). The highest BCUT2D eigenvalue weighted by Crippen LogP contribution is 2.33. The minimum absolute atomic E-state index is 0.0362. The lowest BCUT2D eigenvalue weighted by Crippen LogP contribution is -2.43. The van der Waals surface area contributed by atoms with Crippen LogP contribution in [0.15, 0.2) is 109 Å². The van der Waals surface area contributed by atoms with Gasteiger partial charge in [0.1, 0.15) is 5.75 Å². The number of benzene rings is 4. The molecule has 46 heavy (non-hydrogen) atoms. The number of β-amino-alcohol motifs (C(OH)–C–C–N with tert-alkyl or cyclic N) is 1. The molecule has 1 aliphatic heterocycles. The van der Waals surface area contributed by atoms with Crippen LogP contribution in [-0.2, 0) is 35.3 Å². The molecule has 1 heterocycles. The van der Waals surface area contributed by atoms with Gasteiger partial charge in [-0.05, 0) is 72.1 Å². The van der Waals surface area contributed by atoms with Crippen molar-refractivity contribution in [1.82, 2.24) is 10.2 Å². The number of carbonyl (C=O) groups is 2. The second-order valence-electron chi connectivity index (χ2n) is 12.9. The van der Waals surface area contributed by atoms with E-state index in [0.717, 1.165) is 27.8 Å². The topological polar surface area (TPSA) is 110 Å². The van der Waals surface area contributed by atoms with Crippen LogP contribution in [-0.4, -0.2) is 56.8 Å². The first-order valence-corrected chi connectivity index (χ1v) is 16.2. The van der Waals surface area contributed by atoms with Gasteiger partial charge in [-0.25, -0.2) is 0 Å². The van der Waals surface area contributed by atoms with Crippen LogP contribution in [0.5, 0.6) is 5.75 Å². The molecule has 1 saturated heterocycles. The molecule has 2 aliphatic rings. The van der Waals surface area contributed by atoms with Crippen molar-refractivity contribution in [2.45, 2.75) is 62.8 Å². The molecule has 6 atom stereocenters. The quantitative estimate of drug-likeness (QED) is 0.183. The van der Waals surface area contributed by atoms with Crippen LogP contribution in [0.4, 0.5) is 0 Å². The molecule has 4 aromatic rings. The number of hydrogen-bond acceptors (Lipinski definition) is 5. The molecule has 7 nitrogen and oxygen atoms in total. The maximum atomic E-state index is 13.9. The number of amides is 2. The van der Waals surface area contributed by atoms with Gasteiger partial charge in [0.15, 0.2) is 0 Å². The smallest absolute Gasteiger partial charge is 0.226 e. The highest BCUT2D eigenvalue weighted by atomic mass is 16.3. The molecule has 0 spiro atoms. The van der Waals surface area contributed by atoms with Crippen molar-refractivity contribution >= 4 is 11.8 Å². The standard InChI is InChI=1S/C39H42N2O5/c42-33-17-15-28(16-18-33)19-30(38(45)40-37-35-14-8-7-13-29(35)24-36(37)44)23-34(43)25-41-32(21-27-11-5-2-6-12-27)22-31(39(41)46)20-26-9-3-1-4-10-26/h1-18,30-32,34,36-37,42-44H,19-25H2,(H,40,45)/t30-,31-,32-,34-,36+,37-/m0/s1. The number of fused-ring (bicyclic) bond motifs is 1. The van der Waals surface area contributed by atoms with Crippen molar-refractivity contribution in [2.24, 2.45) is 11.8 Å². The Morgan fingerprint density at radius 1 is 0.826 bits per heavy atom. The molecular formula is C39H42N2O5. The maximum Gasteiger partial charge on any atom is 0.226 e. The molecule has 1 aliphatic carbocycles. The van der Waals surface area contributed by atoms with E-state index in [0.29, 0.717) is 32.1 Å². The zero-order valence-corrected chi connectivity index (χ0v) is 25.9. The highest BCUT2D eigenvalue weighted by molar-refractivity contribution is 5.82. The van der Waals surface area contributed by atoms with E-state index in [-0.39, 0.29) is 42.5 Å². The first-order valence-electron chi connectivity index (χ1n) is 16.2. The van der Waals surface area contributed by atoms with Crippen molar-refractivity contribution in [3.8, 4) is 5.75 Å². The Morgan fingerprint density at radius 3 is 2.15 bits per heavy atom. The fraction of sp³-hybridized carbons (Fsp3) is 0.333. The summed E-state index contributed by atoms with van der Waals surface area (Å²) in [7, 11) is 0. The van der Waals surface area contributed by atoms with E-state index < -0.39 is 24.2 Å². The molecule has 0 radical (unpaired) electrons. The average molecular weight is 619 g/mol. The first-order chi connectivity index (χ1) is 22.3. The van der Waals surface area contributed by atoms with Crippen molar-refractivity contribution in [3.63, 3.8) is 0 Å². The minimum Gasteiger partial charge on any atom is -0.508 e. The van der Waals surface area contributed by atoms with Gasteiger partial charge >= 0.3 is 0 Å². The number of aromatic hydroxyl groups is 1. The zero-order valence-electron chi connectivity index (χ0n) is 25.9. The molecule has 0 aromatic heterocycles. The Labute approximate surface area is 270 Å². The lowest BCUT2D eigenvalue weighted by Gasteiger charge is -2.29. The fourth-order valence-corrected chi connectivity index (χ4v) is 7.21. The molecule has 0 saturated carbocycles. The first kappa shape index (κ1) is 31.5. The Morgan fingerprint density at radius 2 is 1.46 bits per heavy atom. The maximum absolute atomic E-state index is 13.9. The van der Waals surface area contributed by atoms with Crippen molar-refractivity contribution in [1.29, 1.82) is 0 Å². The summed E-state index contributed by atoms with van der Waals surface area (Å²) >= 11 is 0. The number of nitrogens with zero attached hydrogens (tertiary/aromatic N) is 1. The van der Waals surface area contributed by atoms with Crippen LogP contribution in [0.25, 0.3) is 0 Å². The third-order valence-electron chi connectivity index (χ3n) is 9.52. The monoisotopic (exact) mass is 618 g/mol. The van der Waals surface area contributed by atoms with Crippen LogP contribution in [0.1, 0.15) is 46.7 Å². The van der Waals surface area contributed by atoms with Crippen LogP contribution in [0.3, 0.4) is 0 Å². The van der Waals surface area contributed by atoms with E-state index in [9.17, 15) is 24.9 Å². The van der Waals surface area contributed by atoms with Gasteiger partial charge in [-0.2, -0.15) is 0 Å². The van der Waals surface area contributed by atoms with Gasteiger partial charge in [-0.3, -0.25) is 9.59 Å². The van der Waals surface area contributed by atoms with Gasteiger partial charge in [-0.15, -0.1) is 0 Å². The molecule has 238 valence electrons. The molecule has 7 heteroatoms. The number of likely N-dealkylation sites (tertiary alicyclic amines) is 1. The van der Waals surface area contributed by atoms with E-state index in [2.05, 4.69) is 17.4 Å². The van der Waals surface area contributed by atoms with Gasteiger partial charge in [0.2, 0.25) is 11.8 Å². The van der Waals surface area contributed by atoms with Gasteiger partial charge in [0, 0.05) is 30.8 Å². The normalized spacial score (nSPS) is 22.0. The van der Waals surface area contributed by atoms with Gasteiger partial charge in [-0.1, -0.05) is 97.1 Å². The number of rotatable bonds is 12. The summed E-state index contributed by atoms with van der Waals surface area (Å²) in [5, 5.41) is 35.2. The number of phenolic OH excluding ortho intramolecular Hbond substituents is 1.